The van der Waals surface area contributed by atoms with Crippen LogP contribution < -0.4 is 11.1 Å². The zero-order valence-corrected chi connectivity index (χ0v) is 13.2. The first-order valence-electron chi connectivity index (χ1n) is 7.84. The predicted octanol–water partition coefficient (Wildman–Crippen LogP) is 2.94. The molecule has 0 aromatic carbocycles. The second kappa shape index (κ2) is 7.28. The number of rotatable bonds is 6. The molecule has 0 aliphatic heterocycles. The highest BCUT2D eigenvalue weighted by Gasteiger charge is 2.28. The topological polar surface area (TPSA) is 55.1 Å². The molecule has 1 aliphatic rings. The third-order valence-electron chi connectivity index (χ3n) is 5.07. The molecule has 0 atom stereocenters. The van der Waals surface area contributed by atoms with Crippen molar-refractivity contribution in [2.45, 2.75) is 59.8 Å². The standard InChI is InChI=1S/C16H32N2O/c1-12(2)16(3,4)11-18-15(19)14-7-5-13(6-8-14)9-10-17/h12-14H,5-11,17H2,1-4H3,(H,18,19). The fourth-order valence-electron chi connectivity index (χ4n) is 2.61. The lowest BCUT2D eigenvalue weighted by molar-refractivity contribution is -0.126. The van der Waals surface area contributed by atoms with Crippen LogP contribution in [0.25, 0.3) is 0 Å². The third-order valence-corrected chi connectivity index (χ3v) is 5.07. The van der Waals surface area contributed by atoms with Crippen molar-refractivity contribution < 1.29 is 4.79 Å². The van der Waals surface area contributed by atoms with Gasteiger partial charge in [0.15, 0.2) is 0 Å². The SMILES string of the molecule is CC(C)C(C)(C)CNC(=O)C1CCC(CCN)CC1. The highest BCUT2D eigenvalue weighted by Crippen LogP contribution is 2.31. The van der Waals surface area contributed by atoms with Gasteiger partial charge in [0.1, 0.15) is 0 Å². The molecule has 1 amide bonds. The number of carbonyl (C=O) groups excluding carboxylic acids is 1. The van der Waals surface area contributed by atoms with Crippen molar-refractivity contribution in [1.29, 1.82) is 0 Å². The van der Waals surface area contributed by atoms with Crippen LogP contribution in [0.5, 0.6) is 0 Å². The minimum atomic E-state index is 0.173. The molecule has 0 unspecified atom stereocenters. The van der Waals surface area contributed by atoms with E-state index < -0.39 is 0 Å². The van der Waals surface area contributed by atoms with Gasteiger partial charge in [-0.25, -0.2) is 0 Å². The van der Waals surface area contributed by atoms with Crippen LogP contribution >= 0.6 is 0 Å². The van der Waals surface area contributed by atoms with Gasteiger partial charge in [0, 0.05) is 12.5 Å². The Balaban J connectivity index is 2.32. The quantitative estimate of drug-likeness (QED) is 0.778. The van der Waals surface area contributed by atoms with E-state index in [9.17, 15) is 4.79 Å². The summed E-state index contributed by atoms with van der Waals surface area (Å²) in [6.07, 6.45) is 5.54. The second-order valence-corrected chi connectivity index (χ2v) is 7.16. The molecule has 1 rings (SSSR count). The Bertz CT molecular complexity index is 278. The maximum Gasteiger partial charge on any atom is 0.223 e. The third kappa shape index (κ3) is 5.13. The van der Waals surface area contributed by atoms with Gasteiger partial charge in [0.2, 0.25) is 5.91 Å². The molecule has 0 bridgehead atoms. The minimum Gasteiger partial charge on any atom is -0.355 e. The van der Waals surface area contributed by atoms with Gasteiger partial charge in [0.25, 0.3) is 0 Å². The van der Waals surface area contributed by atoms with E-state index in [1.165, 1.54) is 12.8 Å². The summed E-state index contributed by atoms with van der Waals surface area (Å²) < 4.78 is 0. The van der Waals surface area contributed by atoms with Crippen molar-refractivity contribution in [2.24, 2.45) is 28.9 Å². The number of nitrogens with one attached hydrogen (secondary N) is 1. The summed E-state index contributed by atoms with van der Waals surface area (Å²) in [5.41, 5.74) is 5.77. The summed E-state index contributed by atoms with van der Waals surface area (Å²) in [5.74, 6) is 1.83. The van der Waals surface area contributed by atoms with Gasteiger partial charge >= 0.3 is 0 Å². The van der Waals surface area contributed by atoms with Crippen LogP contribution in [0.1, 0.15) is 59.8 Å². The summed E-state index contributed by atoms with van der Waals surface area (Å²) in [7, 11) is 0. The summed E-state index contributed by atoms with van der Waals surface area (Å²) in [6, 6.07) is 0. The van der Waals surface area contributed by atoms with E-state index in [0.717, 1.165) is 38.3 Å². The lowest BCUT2D eigenvalue weighted by Gasteiger charge is -2.32. The van der Waals surface area contributed by atoms with Crippen LogP contribution in [0, 0.1) is 23.2 Å². The summed E-state index contributed by atoms with van der Waals surface area (Å²) in [6.45, 7) is 10.4. The van der Waals surface area contributed by atoms with Crippen molar-refractivity contribution in [3.05, 3.63) is 0 Å². The molecule has 0 aromatic rings. The van der Waals surface area contributed by atoms with Crippen molar-refractivity contribution >= 4 is 5.91 Å². The molecular weight excluding hydrogens is 236 g/mol. The lowest BCUT2D eigenvalue weighted by Crippen LogP contribution is -2.40. The Morgan fingerprint density at radius 1 is 1.26 bits per heavy atom. The normalized spacial score (nSPS) is 24.5. The molecule has 0 saturated heterocycles. The van der Waals surface area contributed by atoms with Gasteiger partial charge in [-0.15, -0.1) is 0 Å². The fourth-order valence-corrected chi connectivity index (χ4v) is 2.61. The maximum atomic E-state index is 12.2. The first kappa shape index (κ1) is 16.5. The predicted molar refractivity (Wildman–Crippen MR) is 80.7 cm³/mol. The van der Waals surface area contributed by atoms with Gasteiger partial charge in [-0.05, 0) is 55.9 Å². The molecule has 1 aliphatic carbocycles. The van der Waals surface area contributed by atoms with E-state index in [1.807, 2.05) is 0 Å². The fraction of sp³-hybridized carbons (Fsp3) is 0.938. The summed E-state index contributed by atoms with van der Waals surface area (Å²) >= 11 is 0. The number of hydrogen-bond donors (Lipinski definition) is 2. The zero-order valence-electron chi connectivity index (χ0n) is 13.2. The van der Waals surface area contributed by atoms with Gasteiger partial charge in [-0.3, -0.25) is 4.79 Å². The largest absolute Gasteiger partial charge is 0.355 e. The van der Waals surface area contributed by atoms with Crippen molar-refractivity contribution in [3.8, 4) is 0 Å². The van der Waals surface area contributed by atoms with Crippen LogP contribution in [-0.2, 0) is 4.79 Å². The van der Waals surface area contributed by atoms with Gasteiger partial charge in [-0.2, -0.15) is 0 Å². The monoisotopic (exact) mass is 268 g/mol. The van der Waals surface area contributed by atoms with E-state index in [2.05, 4.69) is 33.0 Å². The molecule has 1 saturated carbocycles. The van der Waals surface area contributed by atoms with E-state index in [-0.39, 0.29) is 17.2 Å². The highest BCUT2D eigenvalue weighted by molar-refractivity contribution is 5.78. The summed E-state index contributed by atoms with van der Waals surface area (Å²) in [5, 5.41) is 3.16. The average molecular weight is 268 g/mol. The molecule has 3 nitrogen and oxygen atoms in total. The molecule has 112 valence electrons. The molecule has 0 aromatic heterocycles. The van der Waals surface area contributed by atoms with Crippen LogP contribution in [0.2, 0.25) is 0 Å². The zero-order chi connectivity index (χ0) is 14.5. The van der Waals surface area contributed by atoms with Crippen molar-refractivity contribution in [1.82, 2.24) is 5.32 Å². The van der Waals surface area contributed by atoms with Gasteiger partial charge in [0.05, 0.1) is 0 Å². The van der Waals surface area contributed by atoms with Crippen LogP contribution in [0.3, 0.4) is 0 Å². The molecule has 19 heavy (non-hydrogen) atoms. The number of carbonyl (C=O) groups is 1. The Hall–Kier alpha value is -0.570. The van der Waals surface area contributed by atoms with Crippen molar-refractivity contribution in [3.63, 3.8) is 0 Å². The Labute approximate surface area is 118 Å². The van der Waals surface area contributed by atoms with E-state index >= 15 is 0 Å². The number of amides is 1. The molecule has 0 heterocycles. The van der Waals surface area contributed by atoms with E-state index in [4.69, 9.17) is 5.73 Å². The van der Waals surface area contributed by atoms with E-state index in [1.54, 1.807) is 0 Å². The Morgan fingerprint density at radius 2 is 1.84 bits per heavy atom. The minimum absolute atomic E-state index is 0.173. The molecule has 3 N–H and O–H groups in total. The number of hydrogen-bond acceptors (Lipinski definition) is 2. The van der Waals surface area contributed by atoms with Crippen LogP contribution in [0.4, 0.5) is 0 Å². The lowest BCUT2D eigenvalue weighted by atomic mass is 9.79. The second-order valence-electron chi connectivity index (χ2n) is 7.16. The van der Waals surface area contributed by atoms with Gasteiger partial charge < -0.3 is 11.1 Å². The number of nitrogens with two attached hydrogens (primary N) is 1. The molecule has 1 fully saturated rings. The Kier molecular flexibility index (Phi) is 6.31. The molecular formula is C16H32N2O. The van der Waals surface area contributed by atoms with E-state index in [0.29, 0.717) is 5.92 Å². The maximum absolute atomic E-state index is 12.2. The van der Waals surface area contributed by atoms with Crippen LogP contribution in [0.15, 0.2) is 0 Å². The molecule has 0 radical (unpaired) electrons. The average Bonchev–Trinajstić information content (AvgIpc) is 2.37. The highest BCUT2D eigenvalue weighted by atomic mass is 16.1. The smallest absolute Gasteiger partial charge is 0.223 e. The summed E-state index contributed by atoms with van der Waals surface area (Å²) in [4.78, 5) is 12.2. The van der Waals surface area contributed by atoms with Crippen molar-refractivity contribution in [2.75, 3.05) is 13.1 Å². The first-order chi connectivity index (χ1) is 8.86. The molecule has 3 heteroatoms. The van der Waals surface area contributed by atoms with Gasteiger partial charge in [-0.1, -0.05) is 27.7 Å². The Morgan fingerprint density at radius 3 is 2.32 bits per heavy atom. The van der Waals surface area contributed by atoms with Crippen LogP contribution in [-0.4, -0.2) is 19.0 Å². The first-order valence-corrected chi connectivity index (χ1v) is 7.84. The molecule has 0 spiro atoms.